The number of rotatable bonds is 3. The maximum atomic E-state index is 8.93. The fraction of sp³-hybridized carbons (Fsp3) is 0.273. The molecule has 2 rings (SSSR count). The summed E-state index contributed by atoms with van der Waals surface area (Å²) < 4.78 is 1.95. The standard InChI is InChI=1S/C11H13N3OS/c1-8-12-13-11(14(8)2)16-10-5-3-9(7-15)4-6-10/h3-6,15H,7H2,1-2H3. The molecule has 84 valence electrons. The Kier molecular flexibility index (Phi) is 3.26. The minimum atomic E-state index is 0.0774. The second kappa shape index (κ2) is 4.67. The topological polar surface area (TPSA) is 50.9 Å². The summed E-state index contributed by atoms with van der Waals surface area (Å²) in [5, 5.41) is 17.9. The lowest BCUT2D eigenvalue weighted by atomic mass is 10.2. The zero-order chi connectivity index (χ0) is 11.5. The minimum Gasteiger partial charge on any atom is -0.392 e. The average Bonchev–Trinajstić information content (AvgIpc) is 2.62. The fourth-order valence-corrected chi connectivity index (χ4v) is 2.08. The summed E-state index contributed by atoms with van der Waals surface area (Å²) in [6.45, 7) is 2.00. The molecule has 0 radical (unpaired) electrons. The molecule has 0 aliphatic carbocycles. The molecule has 0 saturated carbocycles. The van der Waals surface area contributed by atoms with Crippen molar-refractivity contribution >= 4 is 11.8 Å². The first kappa shape index (κ1) is 11.2. The van der Waals surface area contributed by atoms with Crippen LogP contribution in [-0.2, 0) is 13.7 Å². The fourth-order valence-electron chi connectivity index (χ4n) is 1.24. The number of nitrogens with zero attached hydrogens (tertiary/aromatic N) is 3. The average molecular weight is 235 g/mol. The van der Waals surface area contributed by atoms with Crippen LogP contribution >= 0.6 is 11.8 Å². The molecule has 0 saturated heterocycles. The number of aliphatic hydroxyl groups excluding tert-OH is 1. The predicted octanol–water partition coefficient (Wildman–Crippen LogP) is 1.77. The molecule has 1 aromatic heterocycles. The molecule has 0 spiro atoms. The summed E-state index contributed by atoms with van der Waals surface area (Å²) >= 11 is 1.56. The van der Waals surface area contributed by atoms with Crippen LogP contribution in [0.2, 0.25) is 0 Å². The van der Waals surface area contributed by atoms with E-state index in [2.05, 4.69) is 10.2 Å². The summed E-state index contributed by atoms with van der Waals surface area (Å²) in [6, 6.07) is 7.76. The SMILES string of the molecule is Cc1nnc(Sc2ccc(CO)cc2)n1C. The second-order valence-corrected chi connectivity index (χ2v) is 4.53. The van der Waals surface area contributed by atoms with Gasteiger partial charge in [-0.1, -0.05) is 12.1 Å². The number of aromatic nitrogens is 3. The Morgan fingerprint density at radius 3 is 2.44 bits per heavy atom. The quantitative estimate of drug-likeness (QED) is 0.881. The molecular weight excluding hydrogens is 222 g/mol. The van der Waals surface area contributed by atoms with Crippen molar-refractivity contribution in [1.29, 1.82) is 0 Å². The van der Waals surface area contributed by atoms with E-state index in [0.717, 1.165) is 21.4 Å². The van der Waals surface area contributed by atoms with Gasteiger partial charge in [-0.15, -0.1) is 10.2 Å². The van der Waals surface area contributed by atoms with Crippen molar-refractivity contribution in [3.63, 3.8) is 0 Å². The van der Waals surface area contributed by atoms with E-state index >= 15 is 0 Å². The first-order valence-electron chi connectivity index (χ1n) is 4.94. The Morgan fingerprint density at radius 2 is 1.94 bits per heavy atom. The van der Waals surface area contributed by atoms with Crippen molar-refractivity contribution in [3.05, 3.63) is 35.7 Å². The van der Waals surface area contributed by atoms with Crippen molar-refractivity contribution in [2.75, 3.05) is 0 Å². The lowest BCUT2D eigenvalue weighted by Gasteiger charge is -2.02. The third-order valence-electron chi connectivity index (χ3n) is 2.37. The molecule has 0 amide bonds. The van der Waals surface area contributed by atoms with Crippen LogP contribution in [0.4, 0.5) is 0 Å². The van der Waals surface area contributed by atoms with Gasteiger partial charge in [0, 0.05) is 11.9 Å². The van der Waals surface area contributed by atoms with Crippen LogP contribution in [0, 0.1) is 6.92 Å². The lowest BCUT2D eigenvalue weighted by Crippen LogP contribution is -1.93. The van der Waals surface area contributed by atoms with Gasteiger partial charge in [0.2, 0.25) is 0 Å². The van der Waals surface area contributed by atoms with Crippen LogP contribution in [0.3, 0.4) is 0 Å². The molecule has 4 nitrogen and oxygen atoms in total. The summed E-state index contributed by atoms with van der Waals surface area (Å²) in [5.74, 6) is 0.898. The van der Waals surface area contributed by atoms with Crippen molar-refractivity contribution in [1.82, 2.24) is 14.8 Å². The third kappa shape index (κ3) is 2.25. The van der Waals surface area contributed by atoms with Crippen molar-refractivity contribution < 1.29 is 5.11 Å². The summed E-state index contributed by atoms with van der Waals surface area (Å²) in [5.41, 5.74) is 0.915. The summed E-state index contributed by atoms with van der Waals surface area (Å²) in [6.07, 6.45) is 0. The van der Waals surface area contributed by atoms with E-state index in [-0.39, 0.29) is 6.61 Å². The van der Waals surface area contributed by atoms with Gasteiger partial charge in [0.25, 0.3) is 0 Å². The normalized spacial score (nSPS) is 10.7. The molecule has 1 heterocycles. The van der Waals surface area contributed by atoms with Gasteiger partial charge in [-0.25, -0.2) is 0 Å². The first-order chi connectivity index (χ1) is 7.70. The Morgan fingerprint density at radius 1 is 1.25 bits per heavy atom. The molecule has 16 heavy (non-hydrogen) atoms. The predicted molar refractivity (Wildman–Crippen MR) is 62.2 cm³/mol. The monoisotopic (exact) mass is 235 g/mol. The van der Waals surface area contributed by atoms with Crippen LogP contribution in [0.25, 0.3) is 0 Å². The zero-order valence-corrected chi connectivity index (χ0v) is 10.0. The number of aliphatic hydroxyl groups is 1. The molecule has 0 atom stereocenters. The lowest BCUT2D eigenvalue weighted by molar-refractivity contribution is 0.282. The molecule has 0 aliphatic heterocycles. The maximum absolute atomic E-state index is 8.93. The molecule has 1 N–H and O–H groups in total. The Bertz CT molecular complexity index is 478. The highest BCUT2D eigenvalue weighted by Gasteiger charge is 2.06. The highest BCUT2D eigenvalue weighted by Crippen LogP contribution is 2.25. The van der Waals surface area contributed by atoms with Crippen molar-refractivity contribution in [2.24, 2.45) is 7.05 Å². The number of aryl methyl sites for hydroxylation is 1. The van der Waals surface area contributed by atoms with Gasteiger partial charge < -0.3 is 9.67 Å². The zero-order valence-electron chi connectivity index (χ0n) is 9.21. The molecule has 0 aliphatic rings. The van der Waals surface area contributed by atoms with Gasteiger partial charge in [-0.2, -0.15) is 0 Å². The van der Waals surface area contributed by atoms with Gasteiger partial charge in [0.05, 0.1) is 6.61 Å². The van der Waals surface area contributed by atoms with Crippen LogP contribution in [-0.4, -0.2) is 19.9 Å². The van der Waals surface area contributed by atoms with Crippen molar-refractivity contribution in [3.8, 4) is 0 Å². The highest BCUT2D eigenvalue weighted by atomic mass is 32.2. The molecule has 0 fully saturated rings. The first-order valence-corrected chi connectivity index (χ1v) is 5.76. The van der Waals surface area contributed by atoms with Gasteiger partial charge in [-0.05, 0) is 36.4 Å². The summed E-state index contributed by atoms with van der Waals surface area (Å²) in [4.78, 5) is 1.09. The van der Waals surface area contributed by atoms with E-state index in [1.807, 2.05) is 42.8 Å². The van der Waals surface area contributed by atoms with Gasteiger partial charge in [-0.3, -0.25) is 0 Å². The van der Waals surface area contributed by atoms with Crippen LogP contribution < -0.4 is 0 Å². The highest BCUT2D eigenvalue weighted by molar-refractivity contribution is 7.99. The minimum absolute atomic E-state index is 0.0774. The molecular formula is C11H13N3OS. The van der Waals surface area contributed by atoms with E-state index in [9.17, 15) is 0 Å². The number of hydrogen-bond acceptors (Lipinski definition) is 4. The number of benzene rings is 1. The van der Waals surface area contributed by atoms with Crippen LogP contribution in [0.5, 0.6) is 0 Å². The van der Waals surface area contributed by atoms with Crippen LogP contribution in [0.1, 0.15) is 11.4 Å². The molecule has 2 aromatic rings. The van der Waals surface area contributed by atoms with Gasteiger partial charge in [0.1, 0.15) is 5.82 Å². The van der Waals surface area contributed by atoms with E-state index in [4.69, 9.17) is 5.11 Å². The van der Waals surface area contributed by atoms with Gasteiger partial charge >= 0.3 is 0 Å². The number of hydrogen-bond donors (Lipinski definition) is 1. The van der Waals surface area contributed by atoms with Gasteiger partial charge in [0.15, 0.2) is 5.16 Å². The Hall–Kier alpha value is -1.33. The Labute approximate surface area is 98.3 Å². The van der Waals surface area contributed by atoms with Crippen molar-refractivity contribution in [2.45, 2.75) is 23.6 Å². The van der Waals surface area contributed by atoms with E-state index in [1.54, 1.807) is 11.8 Å². The summed E-state index contributed by atoms with van der Waals surface area (Å²) in [7, 11) is 1.94. The molecule has 5 heteroatoms. The van der Waals surface area contributed by atoms with E-state index in [0.29, 0.717) is 0 Å². The second-order valence-electron chi connectivity index (χ2n) is 3.49. The Balaban J connectivity index is 2.17. The van der Waals surface area contributed by atoms with Crippen LogP contribution in [0.15, 0.2) is 34.3 Å². The smallest absolute Gasteiger partial charge is 0.195 e. The largest absolute Gasteiger partial charge is 0.392 e. The molecule has 0 unspecified atom stereocenters. The molecule has 1 aromatic carbocycles. The van der Waals surface area contributed by atoms with E-state index < -0.39 is 0 Å². The third-order valence-corrected chi connectivity index (χ3v) is 3.41. The van der Waals surface area contributed by atoms with E-state index in [1.165, 1.54) is 0 Å². The maximum Gasteiger partial charge on any atom is 0.195 e. The molecule has 0 bridgehead atoms.